The molecule has 1 saturated heterocycles. The summed E-state index contributed by atoms with van der Waals surface area (Å²) in [5.41, 5.74) is 6.63. The Kier molecular flexibility index (Phi) is 6.37. The van der Waals surface area contributed by atoms with Gasteiger partial charge in [-0.1, -0.05) is 23.2 Å². The molecule has 0 bridgehead atoms. The average molecular weight is 393 g/mol. The molecule has 0 radical (unpaired) electrons. The van der Waals surface area contributed by atoms with Crippen LogP contribution in [0.2, 0.25) is 10.0 Å². The average Bonchev–Trinajstić information content (AvgIpc) is 3.30. The van der Waals surface area contributed by atoms with Crippen molar-refractivity contribution in [2.45, 2.75) is 25.3 Å². The molecule has 3 N–H and O–H groups in total. The Morgan fingerprint density at radius 2 is 2.00 bits per heavy atom. The second-order valence-electron chi connectivity index (χ2n) is 6.18. The van der Waals surface area contributed by atoms with Gasteiger partial charge in [0.05, 0.1) is 10.0 Å². The summed E-state index contributed by atoms with van der Waals surface area (Å²) in [6.45, 7) is 0.920. The summed E-state index contributed by atoms with van der Waals surface area (Å²) in [6, 6.07) is 5.01. The molecule has 2 atom stereocenters. The number of benzene rings is 1. The molecule has 24 heavy (non-hydrogen) atoms. The van der Waals surface area contributed by atoms with Gasteiger partial charge in [-0.05, 0) is 43.4 Å². The van der Waals surface area contributed by atoms with E-state index in [9.17, 15) is 9.59 Å². The zero-order chi connectivity index (χ0) is 16.6. The van der Waals surface area contributed by atoms with E-state index in [4.69, 9.17) is 28.9 Å². The third-order valence-electron chi connectivity index (χ3n) is 4.48. The zero-order valence-electron chi connectivity index (χ0n) is 13.0. The summed E-state index contributed by atoms with van der Waals surface area (Å²) in [4.78, 5) is 26.3. The van der Waals surface area contributed by atoms with E-state index in [1.165, 1.54) is 0 Å². The van der Waals surface area contributed by atoms with Gasteiger partial charge < -0.3 is 16.0 Å². The Bertz CT molecular complexity index is 637. The highest BCUT2D eigenvalue weighted by molar-refractivity contribution is 6.42. The maximum atomic E-state index is 12.5. The number of nitrogens with one attached hydrogen (secondary N) is 1. The van der Waals surface area contributed by atoms with Gasteiger partial charge in [-0.3, -0.25) is 9.59 Å². The van der Waals surface area contributed by atoms with Crippen molar-refractivity contribution in [3.8, 4) is 0 Å². The molecule has 8 heteroatoms. The van der Waals surface area contributed by atoms with Gasteiger partial charge in [0.2, 0.25) is 11.8 Å². The largest absolute Gasteiger partial charge is 0.354 e. The lowest BCUT2D eigenvalue weighted by Crippen LogP contribution is -2.43. The number of hydrogen-bond acceptors (Lipinski definition) is 3. The minimum atomic E-state index is -0.657. The lowest BCUT2D eigenvalue weighted by molar-refractivity contribution is -0.132. The first-order valence-electron chi connectivity index (χ1n) is 7.77. The summed E-state index contributed by atoms with van der Waals surface area (Å²) in [6.07, 6.45) is 2.75. The quantitative estimate of drug-likeness (QED) is 0.756. The van der Waals surface area contributed by atoms with Crippen LogP contribution in [-0.2, 0) is 9.59 Å². The van der Waals surface area contributed by atoms with Crippen molar-refractivity contribution in [3.63, 3.8) is 0 Å². The number of anilines is 1. The van der Waals surface area contributed by atoms with E-state index in [-0.39, 0.29) is 30.3 Å². The predicted molar refractivity (Wildman–Crippen MR) is 97.9 cm³/mol. The second kappa shape index (κ2) is 7.91. The van der Waals surface area contributed by atoms with E-state index < -0.39 is 5.92 Å². The summed E-state index contributed by atoms with van der Waals surface area (Å²) in [7, 11) is 0. The molecular formula is C16H20Cl3N3O2. The Labute approximate surface area is 157 Å². The molecule has 1 saturated carbocycles. The van der Waals surface area contributed by atoms with E-state index in [1.54, 1.807) is 23.1 Å². The lowest BCUT2D eigenvalue weighted by Gasteiger charge is -2.18. The van der Waals surface area contributed by atoms with Gasteiger partial charge in [-0.15, -0.1) is 12.4 Å². The van der Waals surface area contributed by atoms with E-state index in [0.717, 1.165) is 12.8 Å². The fraction of sp³-hybridized carbons (Fsp3) is 0.500. The van der Waals surface area contributed by atoms with Crippen LogP contribution in [0.5, 0.6) is 0 Å². The van der Waals surface area contributed by atoms with Crippen LogP contribution in [0.3, 0.4) is 0 Å². The number of halogens is 3. The predicted octanol–water partition coefficient (Wildman–Crippen LogP) is 2.62. The van der Waals surface area contributed by atoms with Gasteiger partial charge >= 0.3 is 0 Å². The van der Waals surface area contributed by atoms with Crippen molar-refractivity contribution < 1.29 is 9.59 Å². The van der Waals surface area contributed by atoms with Crippen molar-refractivity contribution >= 4 is 53.1 Å². The number of nitrogens with two attached hydrogens (primary N) is 1. The highest BCUT2D eigenvalue weighted by Gasteiger charge is 2.38. The molecule has 0 aromatic heterocycles. The van der Waals surface area contributed by atoms with Crippen molar-refractivity contribution in [1.82, 2.24) is 5.32 Å². The summed E-state index contributed by atoms with van der Waals surface area (Å²) >= 11 is 11.9. The molecule has 1 aliphatic carbocycles. The first-order valence-corrected chi connectivity index (χ1v) is 8.52. The fourth-order valence-electron chi connectivity index (χ4n) is 2.87. The smallest absolute Gasteiger partial charge is 0.239 e. The minimum Gasteiger partial charge on any atom is -0.354 e. The van der Waals surface area contributed by atoms with Gasteiger partial charge in [-0.2, -0.15) is 0 Å². The van der Waals surface area contributed by atoms with Crippen molar-refractivity contribution in [2.75, 3.05) is 18.0 Å². The maximum absolute atomic E-state index is 12.5. The molecule has 1 aromatic carbocycles. The Morgan fingerprint density at radius 1 is 1.29 bits per heavy atom. The van der Waals surface area contributed by atoms with E-state index in [1.807, 2.05) is 0 Å². The molecule has 5 nitrogen and oxygen atoms in total. The van der Waals surface area contributed by atoms with Crippen molar-refractivity contribution in [3.05, 3.63) is 28.2 Å². The monoisotopic (exact) mass is 391 g/mol. The third kappa shape index (κ3) is 4.14. The van der Waals surface area contributed by atoms with Gasteiger partial charge in [0.15, 0.2) is 0 Å². The number of amides is 2. The molecule has 1 aromatic rings. The second-order valence-corrected chi connectivity index (χ2v) is 6.99. The maximum Gasteiger partial charge on any atom is 0.239 e. The molecule has 2 unspecified atom stereocenters. The molecule has 132 valence electrons. The topological polar surface area (TPSA) is 75.4 Å². The summed E-state index contributed by atoms with van der Waals surface area (Å²) in [5, 5.41) is 3.63. The van der Waals surface area contributed by atoms with Crippen LogP contribution in [0.15, 0.2) is 18.2 Å². The number of nitrogens with zero attached hydrogens (tertiary/aromatic N) is 1. The van der Waals surface area contributed by atoms with Gasteiger partial charge in [0, 0.05) is 24.8 Å². The van der Waals surface area contributed by atoms with E-state index in [2.05, 4.69) is 5.32 Å². The minimum absolute atomic E-state index is 0. The van der Waals surface area contributed by atoms with E-state index >= 15 is 0 Å². The number of rotatable bonds is 5. The van der Waals surface area contributed by atoms with Gasteiger partial charge in [0.25, 0.3) is 0 Å². The van der Waals surface area contributed by atoms with Crippen LogP contribution >= 0.6 is 35.6 Å². The van der Waals surface area contributed by atoms with Gasteiger partial charge in [-0.25, -0.2) is 0 Å². The molecule has 1 aliphatic heterocycles. The lowest BCUT2D eigenvalue weighted by atomic mass is 10.1. The first-order chi connectivity index (χ1) is 11.0. The van der Waals surface area contributed by atoms with Crippen LogP contribution in [0.1, 0.15) is 19.3 Å². The number of carbonyl (C=O) groups is 2. The summed E-state index contributed by atoms with van der Waals surface area (Å²) < 4.78 is 0. The molecule has 2 fully saturated rings. The molecule has 1 heterocycles. The zero-order valence-corrected chi connectivity index (χ0v) is 15.3. The van der Waals surface area contributed by atoms with Crippen molar-refractivity contribution in [1.29, 1.82) is 0 Å². The normalized spacial score (nSPS) is 21.4. The summed E-state index contributed by atoms with van der Waals surface area (Å²) in [5.74, 6) is -0.590. The van der Waals surface area contributed by atoms with Crippen LogP contribution in [-0.4, -0.2) is 30.9 Å². The van der Waals surface area contributed by atoms with Crippen LogP contribution in [0, 0.1) is 11.8 Å². The van der Waals surface area contributed by atoms with Crippen LogP contribution in [0.25, 0.3) is 0 Å². The first kappa shape index (κ1) is 19.3. The van der Waals surface area contributed by atoms with Crippen LogP contribution in [0.4, 0.5) is 5.69 Å². The Hall–Kier alpha value is -1.01. The standard InChI is InChI=1S/C16H19Cl2N3O2.ClH/c17-12-4-3-10(7-13(12)18)21-6-5-11(16(21)23)15(22)20-8-14(19)9-1-2-9;/h3-4,7,9,11,14H,1-2,5-6,8,19H2,(H,20,22);1H. The number of carbonyl (C=O) groups excluding carboxylic acids is 2. The van der Waals surface area contributed by atoms with Gasteiger partial charge in [0.1, 0.15) is 5.92 Å². The third-order valence-corrected chi connectivity index (χ3v) is 5.22. The van der Waals surface area contributed by atoms with E-state index in [0.29, 0.717) is 41.2 Å². The fourth-order valence-corrected chi connectivity index (χ4v) is 3.16. The highest BCUT2D eigenvalue weighted by Crippen LogP contribution is 2.32. The Balaban J connectivity index is 0.00000208. The Morgan fingerprint density at radius 3 is 2.62 bits per heavy atom. The SMILES string of the molecule is Cl.NC(CNC(=O)C1CCN(c2ccc(Cl)c(Cl)c2)C1=O)C1CC1. The molecule has 3 rings (SSSR count). The van der Waals surface area contributed by atoms with Crippen LogP contribution < -0.4 is 16.0 Å². The number of hydrogen-bond donors (Lipinski definition) is 2. The molecule has 2 amide bonds. The highest BCUT2D eigenvalue weighted by atomic mass is 35.5. The molecule has 0 spiro atoms. The molecule has 2 aliphatic rings. The van der Waals surface area contributed by atoms with Crippen molar-refractivity contribution in [2.24, 2.45) is 17.6 Å². The molecular weight excluding hydrogens is 373 g/mol.